The Bertz CT molecular complexity index is 1290. The Morgan fingerprint density at radius 2 is 1.81 bits per heavy atom. The lowest BCUT2D eigenvalue weighted by molar-refractivity contribution is 0.0877. The van der Waals surface area contributed by atoms with Gasteiger partial charge in [-0.15, -0.1) is 0 Å². The number of carbonyl (C=O) groups is 1. The quantitative estimate of drug-likeness (QED) is 0.377. The Labute approximate surface area is 200 Å². The molecule has 3 aromatic rings. The molecule has 0 radical (unpaired) electrons. The first-order valence-corrected chi connectivity index (χ1v) is 11.2. The summed E-state index contributed by atoms with van der Waals surface area (Å²) in [5, 5.41) is 1.60. The summed E-state index contributed by atoms with van der Waals surface area (Å²) in [7, 11) is 0. The summed E-state index contributed by atoms with van der Waals surface area (Å²) < 4.78 is 12.0. The zero-order chi connectivity index (χ0) is 22.4. The number of hydrogen-bond acceptors (Lipinski definition) is 4. The van der Waals surface area contributed by atoms with E-state index in [9.17, 15) is 4.79 Å². The van der Waals surface area contributed by atoms with Crippen molar-refractivity contribution in [2.75, 3.05) is 6.73 Å². The molecule has 0 aromatic heterocycles. The third-order valence-corrected chi connectivity index (χ3v) is 6.70. The molecule has 7 heteroatoms. The van der Waals surface area contributed by atoms with Gasteiger partial charge in [-0.3, -0.25) is 9.69 Å². The number of Topliss-reactive ketones (excluding diaryl/α,β-unsaturated/α-hetero) is 1. The van der Waals surface area contributed by atoms with E-state index in [2.05, 4.69) is 4.90 Å². The van der Waals surface area contributed by atoms with Crippen molar-refractivity contribution in [3.63, 3.8) is 0 Å². The topological polar surface area (TPSA) is 38.8 Å². The van der Waals surface area contributed by atoms with Gasteiger partial charge in [0, 0.05) is 29.2 Å². The predicted octanol–water partition coefficient (Wildman–Crippen LogP) is 6.92. The van der Waals surface area contributed by atoms with Crippen molar-refractivity contribution >= 4 is 46.7 Å². The molecule has 5 rings (SSSR count). The van der Waals surface area contributed by atoms with Crippen molar-refractivity contribution in [1.29, 1.82) is 0 Å². The first-order valence-electron chi connectivity index (χ1n) is 10.0. The minimum Gasteiger partial charge on any atom is -0.477 e. The number of allylic oxidation sites excluding steroid dienone is 1. The third-order valence-electron chi connectivity index (χ3n) is 5.60. The lowest BCUT2D eigenvalue weighted by atomic mass is 10.00. The molecule has 0 amide bonds. The number of rotatable bonds is 3. The van der Waals surface area contributed by atoms with E-state index in [1.54, 1.807) is 24.3 Å². The molecule has 0 bridgehead atoms. The second-order valence-corrected chi connectivity index (χ2v) is 9.05. The van der Waals surface area contributed by atoms with Crippen LogP contribution in [-0.4, -0.2) is 17.4 Å². The summed E-state index contributed by atoms with van der Waals surface area (Å²) in [4.78, 5) is 15.2. The fourth-order valence-corrected chi connectivity index (χ4v) is 4.52. The number of halogens is 3. The van der Waals surface area contributed by atoms with Gasteiger partial charge in [0.25, 0.3) is 0 Å². The lowest BCUT2D eigenvalue weighted by Crippen LogP contribution is -2.32. The lowest BCUT2D eigenvalue weighted by Gasteiger charge is -2.30. The van der Waals surface area contributed by atoms with Gasteiger partial charge in [-0.1, -0.05) is 59.1 Å². The monoisotopic (exact) mass is 485 g/mol. The standard InChI is InChI=1S/C25H18Cl3NO3/c1-14-24-17(12-29(13-31-24)11-16-4-2-3-5-19(16)26)10-18-23(30)22(32-25(14)18)9-15-6-7-20(27)21(28)8-15/h2-10H,11-13H2,1H3/b22-9-. The zero-order valence-corrected chi connectivity index (χ0v) is 19.4. The minimum absolute atomic E-state index is 0.166. The largest absolute Gasteiger partial charge is 0.477 e. The van der Waals surface area contributed by atoms with E-state index in [1.807, 2.05) is 37.3 Å². The molecule has 4 nitrogen and oxygen atoms in total. The number of benzene rings is 3. The SMILES string of the molecule is Cc1c2c(cc3c1O/C(=C\c1ccc(Cl)c(Cl)c1)C3=O)CN(Cc1ccccc1Cl)CO2. The van der Waals surface area contributed by atoms with Crippen molar-refractivity contribution in [3.8, 4) is 11.5 Å². The van der Waals surface area contributed by atoms with Crippen molar-refractivity contribution in [1.82, 2.24) is 4.90 Å². The van der Waals surface area contributed by atoms with E-state index < -0.39 is 0 Å². The fourth-order valence-electron chi connectivity index (χ4n) is 4.02. The highest BCUT2D eigenvalue weighted by atomic mass is 35.5. The van der Waals surface area contributed by atoms with Crippen LogP contribution in [0.15, 0.2) is 54.3 Å². The highest BCUT2D eigenvalue weighted by Crippen LogP contribution is 2.43. The van der Waals surface area contributed by atoms with Crippen LogP contribution in [0.5, 0.6) is 11.5 Å². The van der Waals surface area contributed by atoms with Gasteiger partial charge >= 0.3 is 0 Å². The molecule has 2 aliphatic rings. The molecule has 0 atom stereocenters. The Morgan fingerprint density at radius 1 is 1.00 bits per heavy atom. The molecule has 0 saturated carbocycles. The summed E-state index contributed by atoms with van der Waals surface area (Å²) >= 11 is 18.4. The van der Waals surface area contributed by atoms with Crippen LogP contribution in [0, 0.1) is 6.92 Å². The van der Waals surface area contributed by atoms with Crippen LogP contribution < -0.4 is 9.47 Å². The molecule has 3 aromatic carbocycles. The van der Waals surface area contributed by atoms with E-state index in [0.717, 1.165) is 33.0 Å². The van der Waals surface area contributed by atoms with Gasteiger partial charge in [-0.2, -0.15) is 0 Å². The van der Waals surface area contributed by atoms with E-state index in [0.29, 0.717) is 41.2 Å². The molecule has 0 N–H and O–H groups in total. The van der Waals surface area contributed by atoms with Gasteiger partial charge in [0.05, 0.1) is 15.6 Å². The molecular formula is C25H18Cl3NO3. The molecule has 0 aliphatic carbocycles. The van der Waals surface area contributed by atoms with Crippen molar-refractivity contribution in [3.05, 3.63) is 97.2 Å². The molecule has 2 heterocycles. The highest BCUT2D eigenvalue weighted by molar-refractivity contribution is 6.42. The second kappa shape index (κ2) is 8.45. The molecule has 0 saturated heterocycles. The smallest absolute Gasteiger partial charge is 0.231 e. The molecule has 32 heavy (non-hydrogen) atoms. The maximum absolute atomic E-state index is 13.1. The second-order valence-electron chi connectivity index (χ2n) is 7.83. The van der Waals surface area contributed by atoms with Crippen LogP contribution in [-0.2, 0) is 13.1 Å². The van der Waals surface area contributed by atoms with Crippen LogP contribution >= 0.6 is 34.8 Å². The highest BCUT2D eigenvalue weighted by Gasteiger charge is 2.33. The van der Waals surface area contributed by atoms with E-state index in [-0.39, 0.29) is 11.5 Å². The van der Waals surface area contributed by atoms with Crippen LogP contribution in [0.3, 0.4) is 0 Å². The Balaban J connectivity index is 1.43. The Kier molecular flexibility index (Phi) is 5.64. The predicted molar refractivity (Wildman–Crippen MR) is 127 cm³/mol. The summed E-state index contributed by atoms with van der Waals surface area (Å²) in [5.74, 6) is 1.39. The minimum atomic E-state index is -0.166. The van der Waals surface area contributed by atoms with Crippen molar-refractivity contribution in [2.24, 2.45) is 0 Å². The molecule has 0 unspecified atom stereocenters. The van der Waals surface area contributed by atoms with Gasteiger partial charge in [-0.25, -0.2) is 0 Å². The van der Waals surface area contributed by atoms with Crippen molar-refractivity contribution < 1.29 is 14.3 Å². The normalized spacial score (nSPS) is 16.5. The summed E-state index contributed by atoms with van der Waals surface area (Å²) in [6.45, 7) is 3.64. The Morgan fingerprint density at radius 3 is 2.59 bits per heavy atom. The number of carbonyl (C=O) groups excluding carboxylic acids is 1. The molecule has 162 valence electrons. The summed E-state index contributed by atoms with van der Waals surface area (Å²) in [5.41, 5.74) is 4.08. The summed E-state index contributed by atoms with van der Waals surface area (Å²) in [6, 6.07) is 14.8. The number of ketones is 1. The average molecular weight is 487 g/mol. The number of fused-ring (bicyclic) bond motifs is 2. The zero-order valence-electron chi connectivity index (χ0n) is 17.1. The van der Waals surface area contributed by atoms with Crippen molar-refractivity contribution in [2.45, 2.75) is 20.0 Å². The maximum Gasteiger partial charge on any atom is 0.231 e. The maximum atomic E-state index is 13.1. The van der Waals surface area contributed by atoms with Crippen LogP contribution in [0.25, 0.3) is 6.08 Å². The van der Waals surface area contributed by atoms with Gasteiger partial charge < -0.3 is 9.47 Å². The van der Waals surface area contributed by atoms with Crippen LogP contribution in [0.2, 0.25) is 15.1 Å². The molecule has 0 fully saturated rings. The average Bonchev–Trinajstić information content (AvgIpc) is 3.08. The van der Waals surface area contributed by atoms with Crippen LogP contribution in [0.1, 0.15) is 32.6 Å². The number of nitrogens with zero attached hydrogens (tertiary/aromatic N) is 1. The molecular weight excluding hydrogens is 469 g/mol. The van der Waals surface area contributed by atoms with E-state index in [4.69, 9.17) is 44.3 Å². The first kappa shape index (κ1) is 21.4. The van der Waals surface area contributed by atoms with Gasteiger partial charge in [0.2, 0.25) is 5.78 Å². The first-order chi connectivity index (χ1) is 15.4. The number of ether oxygens (including phenoxy) is 2. The Hall–Kier alpha value is -2.50. The van der Waals surface area contributed by atoms with E-state index in [1.165, 1.54) is 0 Å². The molecule has 0 spiro atoms. The third kappa shape index (κ3) is 3.89. The molecule has 2 aliphatic heterocycles. The van der Waals surface area contributed by atoms with E-state index >= 15 is 0 Å². The van der Waals surface area contributed by atoms with Gasteiger partial charge in [0.1, 0.15) is 18.2 Å². The van der Waals surface area contributed by atoms with Gasteiger partial charge in [0.15, 0.2) is 5.76 Å². The summed E-state index contributed by atoms with van der Waals surface area (Å²) in [6.07, 6.45) is 1.67. The van der Waals surface area contributed by atoms with Crippen LogP contribution in [0.4, 0.5) is 0 Å². The fraction of sp³-hybridized carbons (Fsp3) is 0.160. The number of hydrogen-bond donors (Lipinski definition) is 0. The van der Waals surface area contributed by atoms with Gasteiger partial charge in [-0.05, 0) is 48.4 Å².